The summed E-state index contributed by atoms with van der Waals surface area (Å²) >= 11 is 0. The first kappa shape index (κ1) is 16.1. The maximum atomic E-state index is 12.9. The van der Waals surface area contributed by atoms with Crippen LogP contribution >= 0.6 is 0 Å². The number of benzene rings is 1. The second-order valence-electron chi connectivity index (χ2n) is 6.90. The molecule has 0 spiro atoms. The minimum absolute atomic E-state index is 0.212. The Morgan fingerprint density at radius 2 is 1.84 bits per heavy atom. The van der Waals surface area contributed by atoms with Crippen LogP contribution in [0, 0.1) is 0 Å². The van der Waals surface area contributed by atoms with Crippen LogP contribution in [0.3, 0.4) is 0 Å². The average Bonchev–Trinajstić information content (AvgIpc) is 2.99. The molecular weight excluding hydrogens is 312 g/mol. The number of fused-ring (bicyclic) bond motifs is 1. The van der Waals surface area contributed by atoms with Crippen molar-refractivity contribution in [2.75, 3.05) is 42.5 Å². The van der Waals surface area contributed by atoms with Crippen molar-refractivity contribution in [3.8, 4) is 0 Å². The highest BCUT2D eigenvalue weighted by molar-refractivity contribution is 5.97. The third-order valence-electron chi connectivity index (χ3n) is 5.18. The van der Waals surface area contributed by atoms with Crippen molar-refractivity contribution in [1.29, 1.82) is 0 Å². The summed E-state index contributed by atoms with van der Waals surface area (Å²) in [6.07, 6.45) is 2.78. The number of amides is 1. The van der Waals surface area contributed by atoms with Gasteiger partial charge in [-0.15, -0.1) is 0 Å². The van der Waals surface area contributed by atoms with E-state index in [9.17, 15) is 4.79 Å². The van der Waals surface area contributed by atoms with Gasteiger partial charge in [-0.2, -0.15) is 0 Å². The van der Waals surface area contributed by atoms with Gasteiger partial charge in [0.2, 0.25) is 5.91 Å². The van der Waals surface area contributed by atoms with Crippen molar-refractivity contribution in [2.45, 2.75) is 19.4 Å². The van der Waals surface area contributed by atoms with Gasteiger partial charge in [-0.3, -0.25) is 9.69 Å². The number of carbonyl (C=O) groups is 1. The first-order valence-electron chi connectivity index (χ1n) is 9.00. The molecule has 4 rings (SSSR count). The van der Waals surface area contributed by atoms with Crippen molar-refractivity contribution in [2.24, 2.45) is 0 Å². The Labute approximate surface area is 148 Å². The molecule has 25 heavy (non-hydrogen) atoms. The lowest BCUT2D eigenvalue weighted by atomic mass is 10.1. The Bertz CT molecular complexity index is 740. The third kappa shape index (κ3) is 3.24. The summed E-state index contributed by atoms with van der Waals surface area (Å²) < 4.78 is 0. The molecule has 2 aromatic rings. The topological polar surface area (TPSA) is 39.7 Å². The molecule has 2 aliphatic rings. The molecule has 1 saturated heterocycles. The number of rotatable bonds is 3. The Balaban J connectivity index is 1.37. The molecule has 130 valence electrons. The number of pyridine rings is 1. The van der Waals surface area contributed by atoms with Gasteiger partial charge in [0.15, 0.2) is 0 Å². The van der Waals surface area contributed by atoms with Gasteiger partial charge in [0.1, 0.15) is 5.82 Å². The summed E-state index contributed by atoms with van der Waals surface area (Å²) in [5.41, 5.74) is 2.37. The van der Waals surface area contributed by atoms with Crippen LogP contribution in [0.2, 0.25) is 0 Å². The number of aromatic nitrogens is 1. The van der Waals surface area contributed by atoms with E-state index >= 15 is 0 Å². The molecule has 0 N–H and O–H groups in total. The van der Waals surface area contributed by atoms with Crippen LogP contribution in [0.4, 0.5) is 11.5 Å². The Kier molecular flexibility index (Phi) is 4.40. The first-order chi connectivity index (χ1) is 12.2. The van der Waals surface area contributed by atoms with Gasteiger partial charge in [0.05, 0.1) is 6.54 Å². The summed E-state index contributed by atoms with van der Waals surface area (Å²) in [4.78, 5) is 23.8. The molecule has 5 nitrogen and oxygen atoms in total. The van der Waals surface area contributed by atoms with Crippen LogP contribution in [0.15, 0.2) is 48.7 Å². The van der Waals surface area contributed by atoms with Gasteiger partial charge in [-0.05, 0) is 37.1 Å². The van der Waals surface area contributed by atoms with Gasteiger partial charge in [-0.25, -0.2) is 4.98 Å². The molecule has 0 aliphatic carbocycles. The monoisotopic (exact) mass is 336 g/mol. The van der Waals surface area contributed by atoms with Crippen LogP contribution < -0.4 is 9.80 Å². The Morgan fingerprint density at radius 3 is 2.60 bits per heavy atom. The van der Waals surface area contributed by atoms with Crippen molar-refractivity contribution in [1.82, 2.24) is 9.88 Å². The second-order valence-corrected chi connectivity index (χ2v) is 6.90. The number of hydrogen-bond donors (Lipinski definition) is 0. The van der Waals surface area contributed by atoms with Crippen molar-refractivity contribution < 1.29 is 4.79 Å². The van der Waals surface area contributed by atoms with E-state index in [0.717, 1.165) is 44.1 Å². The molecule has 0 saturated carbocycles. The van der Waals surface area contributed by atoms with E-state index in [-0.39, 0.29) is 11.9 Å². The van der Waals surface area contributed by atoms with Crippen LogP contribution in [0.5, 0.6) is 0 Å². The lowest BCUT2D eigenvalue weighted by Gasteiger charge is -2.36. The fourth-order valence-corrected chi connectivity index (χ4v) is 3.89. The fourth-order valence-electron chi connectivity index (χ4n) is 3.89. The predicted octanol–water partition coefficient (Wildman–Crippen LogP) is 2.18. The molecule has 0 bridgehead atoms. The number of piperazine rings is 1. The van der Waals surface area contributed by atoms with Crippen LogP contribution in [0.1, 0.15) is 12.5 Å². The summed E-state index contributed by atoms with van der Waals surface area (Å²) in [6.45, 7) is 6.25. The highest BCUT2D eigenvalue weighted by atomic mass is 16.2. The highest BCUT2D eigenvalue weighted by Gasteiger charge is 2.31. The van der Waals surface area contributed by atoms with E-state index in [2.05, 4.69) is 39.9 Å². The number of carbonyl (C=O) groups excluding carboxylic acids is 1. The van der Waals surface area contributed by atoms with E-state index in [1.807, 2.05) is 35.4 Å². The molecule has 5 heteroatoms. The number of para-hydroxylation sites is 1. The summed E-state index contributed by atoms with van der Waals surface area (Å²) in [7, 11) is 0. The lowest BCUT2D eigenvalue weighted by Crippen LogP contribution is -2.51. The minimum atomic E-state index is 0.212. The van der Waals surface area contributed by atoms with E-state index in [4.69, 9.17) is 0 Å². The van der Waals surface area contributed by atoms with Crippen molar-refractivity contribution >= 4 is 17.4 Å². The zero-order valence-corrected chi connectivity index (χ0v) is 14.6. The van der Waals surface area contributed by atoms with Gasteiger partial charge in [0, 0.05) is 44.1 Å². The standard InChI is InChI=1S/C20H24N4O/c1-16-14-17-6-2-3-7-18(17)24(16)20(25)15-22-10-12-23(13-11-22)19-8-4-5-9-21-19/h2-9,16H,10-15H2,1H3. The maximum absolute atomic E-state index is 12.9. The molecule has 1 amide bonds. The number of nitrogens with zero attached hydrogens (tertiary/aromatic N) is 4. The molecule has 3 heterocycles. The summed E-state index contributed by atoms with van der Waals surface area (Å²) in [6, 6.07) is 14.5. The first-order valence-corrected chi connectivity index (χ1v) is 9.00. The molecule has 2 aliphatic heterocycles. The molecule has 1 atom stereocenters. The Hall–Kier alpha value is -2.40. The SMILES string of the molecule is CC1Cc2ccccc2N1C(=O)CN1CCN(c2ccccn2)CC1. The van der Waals surface area contributed by atoms with Gasteiger partial charge in [-0.1, -0.05) is 24.3 Å². The van der Waals surface area contributed by atoms with Gasteiger partial charge < -0.3 is 9.80 Å². The fraction of sp³-hybridized carbons (Fsp3) is 0.400. The minimum Gasteiger partial charge on any atom is -0.354 e. The van der Waals surface area contributed by atoms with Gasteiger partial charge in [0.25, 0.3) is 0 Å². The highest BCUT2D eigenvalue weighted by Crippen LogP contribution is 2.31. The molecule has 1 unspecified atom stereocenters. The second kappa shape index (κ2) is 6.84. The van der Waals surface area contributed by atoms with Crippen LogP contribution in [0.25, 0.3) is 0 Å². The van der Waals surface area contributed by atoms with Gasteiger partial charge >= 0.3 is 0 Å². The van der Waals surface area contributed by atoms with E-state index in [0.29, 0.717) is 6.54 Å². The quantitative estimate of drug-likeness (QED) is 0.861. The Morgan fingerprint density at radius 1 is 1.08 bits per heavy atom. The van der Waals surface area contributed by atoms with Crippen molar-refractivity contribution in [3.63, 3.8) is 0 Å². The van der Waals surface area contributed by atoms with Crippen LogP contribution in [-0.4, -0.2) is 54.6 Å². The van der Waals surface area contributed by atoms with E-state index < -0.39 is 0 Å². The molecule has 0 radical (unpaired) electrons. The smallest absolute Gasteiger partial charge is 0.241 e. The lowest BCUT2D eigenvalue weighted by molar-refractivity contribution is -0.120. The zero-order valence-electron chi connectivity index (χ0n) is 14.6. The van der Waals surface area contributed by atoms with Crippen molar-refractivity contribution in [3.05, 3.63) is 54.2 Å². The normalized spacial score (nSPS) is 20.6. The zero-order chi connectivity index (χ0) is 17.2. The summed E-state index contributed by atoms with van der Waals surface area (Å²) in [5.74, 6) is 1.24. The molecular formula is C20H24N4O. The predicted molar refractivity (Wildman–Crippen MR) is 100.0 cm³/mol. The number of hydrogen-bond acceptors (Lipinski definition) is 4. The third-order valence-corrected chi connectivity index (χ3v) is 5.18. The maximum Gasteiger partial charge on any atom is 0.241 e. The molecule has 1 aromatic carbocycles. The number of anilines is 2. The largest absolute Gasteiger partial charge is 0.354 e. The van der Waals surface area contributed by atoms with Crippen LogP contribution in [-0.2, 0) is 11.2 Å². The van der Waals surface area contributed by atoms with E-state index in [1.165, 1.54) is 5.56 Å². The average molecular weight is 336 g/mol. The van der Waals surface area contributed by atoms with E-state index in [1.54, 1.807) is 0 Å². The summed E-state index contributed by atoms with van der Waals surface area (Å²) in [5, 5.41) is 0. The molecule has 1 aromatic heterocycles. The molecule has 1 fully saturated rings.